The molecule has 4 atom stereocenters. The predicted molar refractivity (Wildman–Crippen MR) is 108 cm³/mol. The number of aliphatic carboxylic acids is 1. The zero-order valence-corrected chi connectivity index (χ0v) is 16.8. The van der Waals surface area contributed by atoms with Crippen molar-refractivity contribution in [3.8, 4) is 0 Å². The Bertz CT molecular complexity index is 718. The number of amides is 3. The zero-order valence-electron chi connectivity index (χ0n) is 15.9. The van der Waals surface area contributed by atoms with E-state index in [-0.39, 0.29) is 12.2 Å². The standard InChI is InChI=1S/C18H26N4O6S/c1-10(15(24)22-14(9-29)18(27)28)20-17(26)13(21-16(25)12(19)8-23)7-11-5-3-2-4-6-11/h2-6,10,12-14,23,29H,7-9,19H2,1H3,(H,20,26)(H,21,25)(H,22,24)(H,27,28). The van der Waals surface area contributed by atoms with Crippen molar-refractivity contribution in [1.82, 2.24) is 16.0 Å². The Morgan fingerprint density at radius 2 is 1.59 bits per heavy atom. The Labute approximate surface area is 173 Å². The first-order chi connectivity index (χ1) is 13.7. The van der Waals surface area contributed by atoms with E-state index in [4.69, 9.17) is 15.9 Å². The molecule has 0 spiro atoms. The minimum atomic E-state index is -1.25. The smallest absolute Gasteiger partial charge is 0.327 e. The van der Waals surface area contributed by atoms with Gasteiger partial charge < -0.3 is 31.9 Å². The van der Waals surface area contributed by atoms with Gasteiger partial charge in [0, 0.05) is 12.2 Å². The van der Waals surface area contributed by atoms with Gasteiger partial charge in [0.15, 0.2) is 0 Å². The lowest BCUT2D eigenvalue weighted by Crippen LogP contribution is -2.57. The van der Waals surface area contributed by atoms with Crippen LogP contribution in [0.5, 0.6) is 0 Å². The molecule has 29 heavy (non-hydrogen) atoms. The zero-order chi connectivity index (χ0) is 22.0. The second kappa shape index (κ2) is 12.0. The van der Waals surface area contributed by atoms with E-state index in [1.807, 2.05) is 0 Å². The number of carboxylic acid groups (broad SMARTS) is 1. The van der Waals surface area contributed by atoms with E-state index in [0.29, 0.717) is 0 Å². The van der Waals surface area contributed by atoms with Crippen molar-refractivity contribution in [3.05, 3.63) is 35.9 Å². The molecule has 0 aliphatic rings. The van der Waals surface area contributed by atoms with Gasteiger partial charge in [-0.25, -0.2) is 4.79 Å². The maximum atomic E-state index is 12.7. The first kappa shape index (κ1) is 24.4. The first-order valence-electron chi connectivity index (χ1n) is 8.84. The minimum absolute atomic E-state index is 0.118. The second-order valence-electron chi connectivity index (χ2n) is 6.35. The highest BCUT2D eigenvalue weighted by Crippen LogP contribution is 2.04. The van der Waals surface area contributed by atoms with E-state index in [1.165, 1.54) is 6.92 Å². The highest BCUT2D eigenvalue weighted by atomic mass is 32.1. The summed E-state index contributed by atoms with van der Waals surface area (Å²) < 4.78 is 0. The highest BCUT2D eigenvalue weighted by Gasteiger charge is 2.28. The molecule has 1 aromatic carbocycles. The Hall–Kier alpha value is -2.63. The molecule has 0 heterocycles. The van der Waals surface area contributed by atoms with Crippen LogP contribution in [0.3, 0.4) is 0 Å². The van der Waals surface area contributed by atoms with Gasteiger partial charge >= 0.3 is 5.97 Å². The van der Waals surface area contributed by atoms with Crippen molar-refractivity contribution in [2.75, 3.05) is 12.4 Å². The van der Waals surface area contributed by atoms with Crippen LogP contribution in [0.25, 0.3) is 0 Å². The summed E-state index contributed by atoms with van der Waals surface area (Å²) in [6.07, 6.45) is 0.124. The van der Waals surface area contributed by atoms with Crippen LogP contribution in [-0.4, -0.2) is 70.4 Å². The molecule has 11 heteroatoms. The predicted octanol–water partition coefficient (Wildman–Crippen LogP) is -1.96. The van der Waals surface area contributed by atoms with E-state index in [9.17, 15) is 19.2 Å². The molecule has 0 aliphatic carbocycles. The fraction of sp³-hybridized carbons (Fsp3) is 0.444. The topological polar surface area (TPSA) is 171 Å². The number of rotatable bonds is 11. The van der Waals surface area contributed by atoms with Crippen molar-refractivity contribution in [3.63, 3.8) is 0 Å². The third-order valence-electron chi connectivity index (χ3n) is 4.00. The van der Waals surface area contributed by atoms with E-state index < -0.39 is 54.5 Å². The van der Waals surface area contributed by atoms with Crippen LogP contribution >= 0.6 is 12.6 Å². The molecule has 1 rings (SSSR count). The molecule has 3 amide bonds. The van der Waals surface area contributed by atoms with Gasteiger partial charge in [0.25, 0.3) is 0 Å². The summed E-state index contributed by atoms with van der Waals surface area (Å²) in [4.78, 5) is 47.8. The molecule has 0 radical (unpaired) electrons. The van der Waals surface area contributed by atoms with Crippen molar-refractivity contribution < 1.29 is 29.4 Å². The summed E-state index contributed by atoms with van der Waals surface area (Å²) in [5, 5.41) is 25.2. The van der Waals surface area contributed by atoms with Crippen LogP contribution in [0, 0.1) is 0 Å². The molecule has 0 bridgehead atoms. The van der Waals surface area contributed by atoms with E-state index in [1.54, 1.807) is 30.3 Å². The van der Waals surface area contributed by atoms with Gasteiger partial charge in [-0.05, 0) is 12.5 Å². The van der Waals surface area contributed by atoms with Gasteiger partial charge in [-0.2, -0.15) is 12.6 Å². The number of thiol groups is 1. The fourth-order valence-electron chi connectivity index (χ4n) is 2.28. The van der Waals surface area contributed by atoms with Crippen molar-refractivity contribution in [2.45, 2.75) is 37.5 Å². The Morgan fingerprint density at radius 1 is 1.00 bits per heavy atom. The molecule has 7 N–H and O–H groups in total. The molecule has 0 aliphatic heterocycles. The number of benzene rings is 1. The third-order valence-corrected chi connectivity index (χ3v) is 4.36. The number of carboxylic acids is 1. The van der Waals surface area contributed by atoms with E-state index >= 15 is 0 Å². The largest absolute Gasteiger partial charge is 0.480 e. The van der Waals surface area contributed by atoms with Gasteiger partial charge in [0.2, 0.25) is 17.7 Å². The fourth-order valence-corrected chi connectivity index (χ4v) is 2.53. The number of hydrogen-bond acceptors (Lipinski definition) is 7. The minimum Gasteiger partial charge on any atom is -0.480 e. The van der Waals surface area contributed by atoms with Crippen molar-refractivity contribution in [1.29, 1.82) is 0 Å². The third kappa shape index (κ3) is 8.10. The summed E-state index contributed by atoms with van der Waals surface area (Å²) >= 11 is 3.86. The van der Waals surface area contributed by atoms with Gasteiger partial charge in [-0.3, -0.25) is 14.4 Å². The van der Waals surface area contributed by atoms with Gasteiger partial charge in [-0.15, -0.1) is 0 Å². The highest BCUT2D eigenvalue weighted by molar-refractivity contribution is 7.80. The number of carbonyl (C=O) groups is 4. The lowest BCUT2D eigenvalue weighted by Gasteiger charge is -2.23. The summed E-state index contributed by atoms with van der Waals surface area (Å²) in [6.45, 7) is 0.788. The lowest BCUT2D eigenvalue weighted by atomic mass is 10.0. The molecule has 0 saturated heterocycles. The molecular weight excluding hydrogens is 400 g/mol. The van der Waals surface area contributed by atoms with Crippen LogP contribution in [0.15, 0.2) is 30.3 Å². The number of nitrogens with one attached hydrogen (secondary N) is 3. The van der Waals surface area contributed by atoms with Crippen LogP contribution < -0.4 is 21.7 Å². The number of hydrogen-bond donors (Lipinski definition) is 7. The van der Waals surface area contributed by atoms with Gasteiger partial charge in [-0.1, -0.05) is 30.3 Å². The molecule has 0 fully saturated rings. The van der Waals surface area contributed by atoms with Crippen molar-refractivity contribution >= 4 is 36.3 Å². The normalized spacial score (nSPS) is 14.8. The lowest BCUT2D eigenvalue weighted by molar-refractivity contribution is -0.141. The maximum Gasteiger partial charge on any atom is 0.327 e. The summed E-state index contributed by atoms with van der Waals surface area (Å²) in [5.41, 5.74) is 6.24. The Balaban J connectivity index is 2.85. The molecule has 0 aromatic heterocycles. The molecule has 4 unspecified atom stereocenters. The Morgan fingerprint density at radius 3 is 2.10 bits per heavy atom. The number of carbonyl (C=O) groups excluding carboxylic acids is 3. The Kier molecular flexibility index (Phi) is 10.1. The number of aliphatic hydroxyl groups is 1. The average molecular weight is 426 g/mol. The van der Waals surface area contributed by atoms with E-state index in [2.05, 4.69) is 28.6 Å². The summed E-state index contributed by atoms with van der Waals surface area (Å²) in [6, 6.07) is 4.34. The van der Waals surface area contributed by atoms with Crippen LogP contribution in [0.4, 0.5) is 0 Å². The molecule has 1 aromatic rings. The van der Waals surface area contributed by atoms with Crippen LogP contribution in [-0.2, 0) is 25.6 Å². The second-order valence-corrected chi connectivity index (χ2v) is 6.72. The number of nitrogens with two attached hydrogens (primary N) is 1. The molecule has 160 valence electrons. The summed E-state index contributed by atoms with van der Waals surface area (Å²) in [7, 11) is 0. The molecule has 10 nitrogen and oxygen atoms in total. The monoisotopic (exact) mass is 426 g/mol. The molecule has 0 saturated carbocycles. The maximum absolute atomic E-state index is 12.7. The summed E-state index contributed by atoms with van der Waals surface area (Å²) in [5.74, 6) is -3.46. The van der Waals surface area contributed by atoms with Gasteiger partial charge in [0.05, 0.1) is 6.61 Å². The van der Waals surface area contributed by atoms with Gasteiger partial charge in [0.1, 0.15) is 24.2 Å². The average Bonchev–Trinajstić information content (AvgIpc) is 2.70. The number of aliphatic hydroxyl groups excluding tert-OH is 1. The van der Waals surface area contributed by atoms with Crippen molar-refractivity contribution in [2.24, 2.45) is 5.73 Å². The molecular formula is C18H26N4O6S. The van der Waals surface area contributed by atoms with Crippen LogP contribution in [0.2, 0.25) is 0 Å². The van der Waals surface area contributed by atoms with E-state index in [0.717, 1.165) is 5.56 Å². The quantitative estimate of drug-likeness (QED) is 0.201. The van der Waals surface area contributed by atoms with Crippen LogP contribution in [0.1, 0.15) is 12.5 Å². The first-order valence-corrected chi connectivity index (χ1v) is 9.48. The SMILES string of the molecule is CC(NC(=O)C(Cc1ccccc1)NC(=O)C(N)CO)C(=O)NC(CS)C(=O)O.